The van der Waals surface area contributed by atoms with Gasteiger partial charge in [-0.3, -0.25) is 4.79 Å². The van der Waals surface area contributed by atoms with Crippen LogP contribution in [0.1, 0.15) is 30.0 Å². The maximum atomic E-state index is 12.1. The Kier molecular flexibility index (Phi) is 11.0. The number of amides is 1. The third-order valence-electron chi connectivity index (χ3n) is 4.35. The molecule has 4 nitrogen and oxygen atoms in total. The number of thioether (sulfide) groups is 1. The first-order valence-electron chi connectivity index (χ1n) is 9.30. The van der Waals surface area contributed by atoms with Gasteiger partial charge in [0.05, 0.1) is 6.04 Å². The molecule has 154 valence electrons. The molecule has 0 aliphatic heterocycles. The molecule has 0 heterocycles. The molecule has 28 heavy (non-hydrogen) atoms. The molecule has 0 saturated heterocycles. The number of carbonyl (C=O) groups is 1. The van der Waals surface area contributed by atoms with Gasteiger partial charge in [0.2, 0.25) is 5.91 Å². The van der Waals surface area contributed by atoms with Gasteiger partial charge in [-0.15, -0.1) is 12.4 Å². The van der Waals surface area contributed by atoms with Crippen LogP contribution in [0.2, 0.25) is 0 Å². The summed E-state index contributed by atoms with van der Waals surface area (Å²) in [6.07, 6.45) is 3.48. The van der Waals surface area contributed by atoms with Gasteiger partial charge in [0, 0.05) is 6.04 Å². The normalized spacial score (nSPS) is 12.6. The highest BCUT2D eigenvalue weighted by atomic mass is 35.5. The van der Waals surface area contributed by atoms with E-state index in [2.05, 4.69) is 36.5 Å². The maximum Gasteiger partial charge on any atom is 0.237 e. The molecule has 2 aromatic carbocycles. The summed E-state index contributed by atoms with van der Waals surface area (Å²) in [5.74, 6) is 1.66. The lowest BCUT2D eigenvalue weighted by Gasteiger charge is -2.17. The van der Waals surface area contributed by atoms with Crippen molar-refractivity contribution in [3.8, 4) is 5.75 Å². The number of nitrogens with one attached hydrogen (secondary N) is 1. The second-order valence-electron chi connectivity index (χ2n) is 6.92. The van der Waals surface area contributed by atoms with E-state index in [1.54, 1.807) is 11.8 Å². The summed E-state index contributed by atoms with van der Waals surface area (Å²) in [5.41, 5.74) is 9.46. The van der Waals surface area contributed by atoms with Crippen molar-refractivity contribution in [1.82, 2.24) is 5.32 Å². The quantitative estimate of drug-likeness (QED) is 0.604. The topological polar surface area (TPSA) is 64.4 Å². The first kappa shape index (κ1) is 24.3. The van der Waals surface area contributed by atoms with Gasteiger partial charge in [0.1, 0.15) is 12.4 Å². The summed E-state index contributed by atoms with van der Waals surface area (Å²) >= 11 is 1.70. The smallest absolute Gasteiger partial charge is 0.237 e. The van der Waals surface area contributed by atoms with E-state index >= 15 is 0 Å². The Bertz CT molecular complexity index is 707. The van der Waals surface area contributed by atoms with Crippen LogP contribution in [0.5, 0.6) is 5.75 Å². The van der Waals surface area contributed by atoms with Gasteiger partial charge in [-0.05, 0) is 62.0 Å². The molecule has 0 fully saturated rings. The molecule has 0 radical (unpaired) electrons. The molecule has 1 unspecified atom stereocenters. The summed E-state index contributed by atoms with van der Waals surface area (Å²) in [5, 5.41) is 3.00. The first-order valence-corrected chi connectivity index (χ1v) is 10.7. The molecule has 0 bridgehead atoms. The van der Waals surface area contributed by atoms with Crippen LogP contribution in [-0.4, -0.2) is 30.0 Å². The van der Waals surface area contributed by atoms with E-state index in [1.807, 2.05) is 37.4 Å². The van der Waals surface area contributed by atoms with E-state index in [-0.39, 0.29) is 24.4 Å². The molecule has 0 aliphatic rings. The molecule has 0 aliphatic carbocycles. The Hall–Kier alpha value is -1.69. The predicted molar refractivity (Wildman–Crippen MR) is 121 cm³/mol. The molecular formula is C22H31ClN2O2S. The Morgan fingerprint density at radius 1 is 1.11 bits per heavy atom. The van der Waals surface area contributed by atoms with Crippen molar-refractivity contribution in [2.75, 3.05) is 12.0 Å². The zero-order valence-electron chi connectivity index (χ0n) is 16.8. The summed E-state index contributed by atoms with van der Waals surface area (Å²) in [7, 11) is 0. The van der Waals surface area contributed by atoms with Gasteiger partial charge >= 0.3 is 0 Å². The van der Waals surface area contributed by atoms with Gasteiger partial charge in [-0.25, -0.2) is 0 Å². The Labute approximate surface area is 179 Å². The second kappa shape index (κ2) is 12.7. The lowest BCUT2D eigenvalue weighted by Crippen LogP contribution is -2.45. The second-order valence-corrected chi connectivity index (χ2v) is 7.91. The van der Waals surface area contributed by atoms with Gasteiger partial charge < -0.3 is 15.8 Å². The van der Waals surface area contributed by atoms with Crippen molar-refractivity contribution in [1.29, 1.82) is 0 Å². The minimum absolute atomic E-state index is 0. The Balaban J connectivity index is 0.00000392. The number of carbonyl (C=O) groups excluding carboxylic acids is 1. The molecule has 0 saturated carbocycles. The number of halogens is 1. The number of rotatable bonds is 10. The van der Waals surface area contributed by atoms with Crippen LogP contribution in [-0.2, 0) is 17.8 Å². The van der Waals surface area contributed by atoms with Crippen LogP contribution in [0.15, 0.2) is 48.5 Å². The molecular weight excluding hydrogens is 392 g/mol. The number of nitrogens with two attached hydrogens (primary N) is 1. The molecule has 2 rings (SSSR count). The van der Waals surface area contributed by atoms with E-state index in [0.29, 0.717) is 13.0 Å². The van der Waals surface area contributed by atoms with Crippen molar-refractivity contribution in [2.45, 2.75) is 45.4 Å². The van der Waals surface area contributed by atoms with Crippen molar-refractivity contribution in [2.24, 2.45) is 5.73 Å². The SMILES string of the molecule is CSCC[C@H](N)C(=O)NC(C)Cc1ccc(OCc2ccc(C)cc2)cc1.Cl. The molecule has 0 spiro atoms. The van der Waals surface area contributed by atoms with E-state index < -0.39 is 6.04 Å². The molecule has 1 amide bonds. The standard InChI is InChI=1S/C22H30N2O2S.ClH/c1-16-4-6-19(7-5-16)15-26-20-10-8-18(9-11-20)14-17(2)24-22(25)21(23)12-13-27-3;/h4-11,17,21H,12-15,23H2,1-3H3,(H,24,25);1H/t17?,21-;/m0./s1. The van der Waals surface area contributed by atoms with E-state index in [1.165, 1.54) is 5.56 Å². The summed E-state index contributed by atoms with van der Waals surface area (Å²) in [6.45, 7) is 4.63. The van der Waals surface area contributed by atoms with Crippen LogP contribution in [0.25, 0.3) is 0 Å². The van der Waals surface area contributed by atoms with Crippen LogP contribution in [0.3, 0.4) is 0 Å². The number of ether oxygens (including phenoxy) is 1. The summed E-state index contributed by atoms with van der Waals surface area (Å²) in [4.78, 5) is 12.1. The minimum Gasteiger partial charge on any atom is -0.489 e. The highest BCUT2D eigenvalue weighted by molar-refractivity contribution is 7.98. The minimum atomic E-state index is -0.433. The first-order chi connectivity index (χ1) is 13.0. The largest absolute Gasteiger partial charge is 0.489 e. The number of aryl methyl sites for hydroxylation is 1. The third kappa shape index (κ3) is 8.55. The fourth-order valence-corrected chi connectivity index (χ4v) is 3.19. The summed E-state index contributed by atoms with van der Waals surface area (Å²) in [6, 6.07) is 16.0. The highest BCUT2D eigenvalue weighted by Crippen LogP contribution is 2.15. The number of hydrogen-bond donors (Lipinski definition) is 2. The van der Waals surface area contributed by atoms with Gasteiger partial charge in [-0.2, -0.15) is 11.8 Å². The third-order valence-corrected chi connectivity index (χ3v) is 4.99. The fourth-order valence-electron chi connectivity index (χ4n) is 2.70. The molecule has 3 N–H and O–H groups in total. The number of hydrogen-bond acceptors (Lipinski definition) is 4. The molecule has 0 aromatic heterocycles. The van der Waals surface area contributed by atoms with E-state index in [4.69, 9.17) is 10.5 Å². The van der Waals surface area contributed by atoms with Crippen molar-refractivity contribution >= 4 is 30.1 Å². The zero-order valence-corrected chi connectivity index (χ0v) is 18.4. The highest BCUT2D eigenvalue weighted by Gasteiger charge is 2.15. The van der Waals surface area contributed by atoms with Crippen LogP contribution < -0.4 is 15.8 Å². The lowest BCUT2D eigenvalue weighted by molar-refractivity contribution is -0.122. The van der Waals surface area contributed by atoms with Crippen molar-refractivity contribution < 1.29 is 9.53 Å². The number of benzene rings is 2. The van der Waals surface area contributed by atoms with Crippen LogP contribution in [0.4, 0.5) is 0 Å². The Morgan fingerprint density at radius 3 is 2.32 bits per heavy atom. The van der Waals surface area contributed by atoms with Crippen molar-refractivity contribution in [3.05, 3.63) is 65.2 Å². The van der Waals surface area contributed by atoms with Gasteiger partial charge in [0.15, 0.2) is 0 Å². The van der Waals surface area contributed by atoms with Gasteiger partial charge in [0.25, 0.3) is 0 Å². The lowest BCUT2D eigenvalue weighted by atomic mass is 10.1. The van der Waals surface area contributed by atoms with Gasteiger partial charge in [-0.1, -0.05) is 42.0 Å². The van der Waals surface area contributed by atoms with E-state index in [0.717, 1.165) is 29.1 Å². The van der Waals surface area contributed by atoms with Crippen LogP contribution in [0, 0.1) is 6.92 Å². The monoisotopic (exact) mass is 422 g/mol. The fraction of sp³-hybridized carbons (Fsp3) is 0.409. The molecule has 2 atom stereocenters. The van der Waals surface area contributed by atoms with E-state index in [9.17, 15) is 4.79 Å². The maximum absolute atomic E-state index is 12.1. The summed E-state index contributed by atoms with van der Waals surface area (Å²) < 4.78 is 5.84. The molecule has 2 aromatic rings. The average Bonchev–Trinajstić information content (AvgIpc) is 2.66. The average molecular weight is 423 g/mol. The molecule has 6 heteroatoms. The predicted octanol–water partition coefficient (Wildman–Crippen LogP) is 4.12. The Morgan fingerprint density at radius 2 is 1.71 bits per heavy atom. The van der Waals surface area contributed by atoms with Crippen molar-refractivity contribution in [3.63, 3.8) is 0 Å². The zero-order chi connectivity index (χ0) is 19.6. The van der Waals surface area contributed by atoms with Crippen LogP contribution >= 0.6 is 24.2 Å².